The van der Waals surface area contributed by atoms with Crippen LogP contribution in [-0.4, -0.2) is 22.5 Å². The standard InChI is InChI=1S/C19H23N5OS.HI/c1-4-20-19(23-11-17-21-9-14(3)26-17)22-10-16-12-25-18(24-16)15-7-5-13(2)6-8-15;/h5-9,12H,4,10-11H2,1-3H3,(H2,20,22,23);1H. The number of benzene rings is 1. The number of aromatic nitrogens is 2. The first-order chi connectivity index (χ1) is 12.6. The van der Waals surface area contributed by atoms with E-state index in [-0.39, 0.29) is 24.0 Å². The van der Waals surface area contributed by atoms with Crippen LogP contribution in [0.3, 0.4) is 0 Å². The van der Waals surface area contributed by atoms with E-state index in [1.165, 1.54) is 10.4 Å². The van der Waals surface area contributed by atoms with Crippen LogP contribution >= 0.6 is 35.3 Å². The molecule has 2 N–H and O–H groups in total. The summed E-state index contributed by atoms with van der Waals surface area (Å²) in [4.78, 5) is 14.7. The molecule has 2 aromatic heterocycles. The number of aryl methyl sites for hydroxylation is 2. The number of aliphatic imine (C=N–C) groups is 1. The normalized spacial score (nSPS) is 11.1. The van der Waals surface area contributed by atoms with Crippen LogP contribution in [-0.2, 0) is 13.1 Å². The number of thiazole rings is 1. The molecule has 8 heteroatoms. The lowest BCUT2D eigenvalue weighted by Gasteiger charge is -2.09. The van der Waals surface area contributed by atoms with Crippen molar-refractivity contribution in [2.75, 3.05) is 6.54 Å². The van der Waals surface area contributed by atoms with Crippen LogP contribution in [0.5, 0.6) is 0 Å². The Bertz CT molecular complexity index is 872. The molecular weight excluding hydrogens is 473 g/mol. The van der Waals surface area contributed by atoms with E-state index in [0.29, 0.717) is 19.0 Å². The lowest BCUT2D eigenvalue weighted by atomic mass is 10.1. The number of halogens is 1. The molecule has 0 saturated heterocycles. The Balaban J connectivity index is 0.00000261. The van der Waals surface area contributed by atoms with E-state index < -0.39 is 0 Å². The number of rotatable bonds is 6. The molecule has 0 aliphatic heterocycles. The number of hydrogen-bond donors (Lipinski definition) is 2. The Kier molecular flexibility index (Phi) is 8.23. The van der Waals surface area contributed by atoms with Gasteiger partial charge in [-0.05, 0) is 32.9 Å². The molecular formula is C19H24IN5OS. The summed E-state index contributed by atoms with van der Waals surface area (Å²) in [5.74, 6) is 1.35. The van der Waals surface area contributed by atoms with Crippen molar-refractivity contribution in [3.05, 3.63) is 57.9 Å². The van der Waals surface area contributed by atoms with Crippen LogP contribution in [0.15, 0.2) is 46.1 Å². The third-order valence-corrected chi connectivity index (χ3v) is 4.58. The van der Waals surface area contributed by atoms with Crippen LogP contribution in [0.1, 0.15) is 28.1 Å². The maximum Gasteiger partial charge on any atom is 0.226 e. The van der Waals surface area contributed by atoms with Gasteiger partial charge in [0.05, 0.1) is 13.1 Å². The second kappa shape index (κ2) is 10.4. The van der Waals surface area contributed by atoms with Gasteiger partial charge in [0.1, 0.15) is 17.0 Å². The van der Waals surface area contributed by atoms with Crippen LogP contribution in [0.2, 0.25) is 0 Å². The fourth-order valence-corrected chi connectivity index (χ4v) is 3.08. The van der Waals surface area contributed by atoms with Crippen molar-refractivity contribution in [2.24, 2.45) is 4.99 Å². The Morgan fingerprint density at radius 2 is 1.96 bits per heavy atom. The van der Waals surface area contributed by atoms with E-state index in [0.717, 1.165) is 28.8 Å². The molecule has 3 aromatic rings. The predicted molar refractivity (Wildman–Crippen MR) is 121 cm³/mol. The minimum absolute atomic E-state index is 0. The molecule has 0 aliphatic carbocycles. The quantitative estimate of drug-likeness (QED) is 0.302. The lowest BCUT2D eigenvalue weighted by molar-refractivity contribution is 0.572. The van der Waals surface area contributed by atoms with Crippen LogP contribution < -0.4 is 10.6 Å². The number of oxazole rings is 1. The van der Waals surface area contributed by atoms with Crippen LogP contribution in [0.4, 0.5) is 0 Å². The van der Waals surface area contributed by atoms with E-state index >= 15 is 0 Å². The molecule has 0 fully saturated rings. The maximum atomic E-state index is 5.59. The van der Waals surface area contributed by atoms with Crippen molar-refractivity contribution in [2.45, 2.75) is 33.9 Å². The number of nitrogens with one attached hydrogen (secondary N) is 2. The molecule has 144 valence electrons. The van der Waals surface area contributed by atoms with Gasteiger partial charge in [-0.15, -0.1) is 35.3 Å². The highest BCUT2D eigenvalue weighted by Gasteiger charge is 2.07. The average molecular weight is 497 g/mol. The first-order valence-electron chi connectivity index (χ1n) is 8.59. The molecule has 0 atom stereocenters. The van der Waals surface area contributed by atoms with Gasteiger partial charge in [0.15, 0.2) is 5.96 Å². The Morgan fingerprint density at radius 1 is 1.19 bits per heavy atom. The monoisotopic (exact) mass is 497 g/mol. The smallest absolute Gasteiger partial charge is 0.226 e. The Morgan fingerprint density at radius 3 is 2.63 bits per heavy atom. The summed E-state index contributed by atoms with van der Waals surface area (Å²) < 4.78 is 5.59. The molecule has 0 amide bonds. The molecule has 0 unspecified atom stereocenters. The van der Waals surface area contributed by atoms with Gasteiger partial charge in [-0.2, -0.15) is 0 Å². The molecule has 0 bridgehead atoms. The van der Waals surface area contributed by atoms with Crippen LogP contribution in [0, 0.1) is 13.8 Å². The molecule has 3 rings (SSSR count). The molecule has 0 saturated carbocycles. The highest BCUT2D eigenvalue weighted by Crippen LogP contribution is 2.19. The lowest BCUT2D eigenvalue weighted by Crippen LogP contribution is -2.36. The number of hydrogen-bond acceptors (Lipinski definition) is 5. The second-order valence-electron chi connectivity index (χ2n) is 5.92. The summed E-state index contributed by atoms with van der Waals surface area (Å²) >= 11 is 1.68. The summed E-state index contributed by atoms with van der Waals surface area (Å²) in [5.41, 5.74) is 2.97. The molecule has 0 radical (unpaired) electrons. The van der Waals surface area contributed by atoms with E-state index in [4.69, 9.17) is 4.42 Å². The molecule has 27 heavy (non-hydrogen) atoms. The minimum atomic E-state index is 0. The molecule has 2 heterocycles. The third kappa shape index (κ3) is 6.31. The fourth-order valence-electron chi connectivity index (χ4n) is 2.35. The van der Waals surface area contributed by atoms with Gasteiger partial charge in [0.25, 0.3) is 0 Å². The third-order valence-electron chi connectivity index (χ3n) is 3.67. The highest BCUT2D eigenvalue weighted by atomic mass is 127. The van der Waals surface area contributed by atoms with Crippen molar-refractivity contribution in [1.29, 1.82) is 0 Å². The van der Waals surface area contributed by atoms with Gasteiger partial charge >= 0.3 is 0 Å². The van der Waals surface area contributed by atoms with Gasteiger partial charge in [-0.25, -0.2) is 15.0 Å². The minimum Gasteiger partial charge on any atom is -0.444 e. The van der Waals surface area contributed by atoms with E-state index in [9.17, 15) is 0 Å². The van der Waals surface area contributed by atoms with Gasteiger partial charge < -0.3 is 15.1 Å². The number of guanidine groups is 1. The zero-order chi connectivity index (χ0) is 18.4. The SMILES string of the molecule is CCNC(=NCc1coc(-c2ccc(C)cc2)n1)NCc1ncc(C)s1.I. The van der Waals surface area contributed by atoms with Gasteiger partial charge in [-0.1, -0.05) is 17.7 Å². The van der Waals surface area contributed by atoms with E-state index in [1.807, 2.05) is 37.4 Å². The topological polar surface area (TPSA) is 75.3 Å². The van der Waals surface area contributed by atoms with Gasteiger partial charge in [-0.3, -0.25) is 0 Å². The van der Waals surface area contributed by atoms with Crippen molar-refractivity contribution in [3.63, 3.8) is 0 Å². The predicted octanol–water partition coefficient (Wildman–Crippen LogP) is 4.29. The summed E-state index contributed by atoms with van der Waals surface area (Å²) in [6.45, 7) is 8.03. The summed E-state index contributed by atoms with van der Waals surface area (Å²) in [7, 11) is 0. The van der Waals surface area contributed by atoms with Gasteiger partial charge in [0, 0.05) is 23.2 Å². The molecule has 0 aliphatic rings. The average Bonchev–Trinajstić information content (AvgIpc) is 3.27. The number of nitrogens with zero attached hydrogens (tertiary/aromatic N) is 3. The Hall–Kier alpha value is -1.94. The maximum absolute atomic E-state index is 5.59. The van der Waals surface area contributed by atoms with E-state index in [1.54, 1.807) is 17.6 Å². The summed E-state index contributed by atoms with van der Waals surface area (Å²) in [5, 5.41) is 7.56. The molecule has 0 spiro atoms. The summed E-state index contributed by atoms with van der Waals surface area (Å²) in [6.07, 6.45) is 3.54. The van der Waals surface area contributed by atoms with Crippen molar-refractivity contribution in [3.8, 4) is 11.5 Å². The fraction of sp³-hybridized carbons (Fsp3) is 0.316. The zero-order valence-corrected chi connectivity index (χ0v) is 18.8. The highest BCUT2D eigenvalue weighted by molar-refractivity contribution is 14.0. The van der Waals surface area contributed by atoms with Gasteiger partial charge in [0.2, 0.25) is 5.89 Å². The first-order valence-corrected chi connectivity index (χ1v) is 9.40. The van der Waals surface area contributed by atoms with E-state index in [2.05, 4.69) is 39.4 Å². The second-order valence-corrected chi connectivity index (χ2v) is 7.24. The largest absolute Gasteiger partial charge is 0.444 e. The van der Waals surface area contributed by atoms with Crippen LogP contribution in [0.25, 0.3) is 11.5 Å². The molecule has 1 aromatic carbocycles. The van der Waals surface area contributed by atoms with Crippen molar-refractivity contribution < 1.29 is 4.42 Å². The zero-order valence-electron chi connectivity index (χ0n) is 15.7. The Labute approximate surface area is 180 Å². The first kappa shape index (κ1) is 21.4. The summed E-state index contributed by atoms with van der Waals surface area (Å²) in [6, 6.07) is 8.11. The van der Waals surface area contributed by atoms with Crippen molar-refractivity contribution in [1.82, 2.24) is 20.6 Å². The van der Waals surface area contributed by atoms with Crippen molar-refractivity contribution >= 4 is 41.3 Å². The molecule has 6 nitrogen and oxygen atoms in total.